The van der Waals surface area contributed by atoms with Crippen molar-refractivity contribution in [1.29, 1.82) is 0 Å². The molecule has 0 aliphatic heterocycles. The Labute approximate surface area is 140 Å². The molecule has 2 heterocycles. The van der Waals surface area contributed by atoms with Crippen molar-refractivity contribution in [3.8, 4) is 5.75 Å². The summed E-state index contributed by atoms with van der Waals surface area (Å²) in [5.41, 5.74) is 0.937. The fourth-order valence-electron chi connectivity index (χ4n) is 2.08. The molecule has 0 aliphatic rings. The van der Waals surface area contributed by atoms with E-state index in [1.165, 1.54) is 12.4 Å². The van der Waals surface area contributed by atoms with Crippen LogP contribution in [0.2, 0.25) is 5.02 Å². The lowest BCUT2D eigenvalue weighted by molar-refractivity contribution is -0.380. The average molecular weight is 351 g/mol. The first-order valence-corrected chi connectivity index (χ1v) is 7.73. The van der Waals surface area contributed by atoms with Gasteiger partial charge in [-0.05, 0) is 29.0 Å². The average Bonchev–Trinajstić information content (AvgIpc) is 2.98. The summed E-state index contributed by atoms with van der Waals surface area (Å²) in [4.78, 5) is 19.2. The number of fused-ring (bicyclic) bond motifs is 1. The van der Waals surface area contributed by atoms with Crippen molar-refractivity contribution in [2.45, 2.75) is 6.54 Å². The van der Waals surface area contributed by atoms with Crippen molar-refractivity contribution >= 4 is 44.0 Å². The van der Waals surface area contributed by atoms with Gasteiger partial charge in [-0.3, -0.25) is 10.1 Å². The molecular weight excluding hydrogens is 340 g/mol. The number of ether oxygens (including phenoxy) is 1. The minimum atomic E-state index is -0.431. The van der Waals surface area contributed by atoms with Gasteiger partial charge in [-0.1, -0.05) is 17.7 Å². The number of thiophene rings is 1. The second-order valence-electron chi connectivity index (χ2n) is 4.61. The van der Waals surface area contributed by atoms with Gasteiger partial charge in [0.2, 0.25) is 0 Å². The normalized spacial score (nSPS) is 10.7. The zero-order chi connectivity index (χ0) is 16.4. The topological polar surface area (TPSA) is 90.2 Å². The summed E-state index contributed by atoms with van der Waals surface area (Å²) in [6, 6.07) is 6.93. The molecule has 0 bridgehead atoms. The minimum absolute atomic E-state index is 0.0380. The number of rotatable bonds is 5. The number of nitro groups is 1. The maximum absolute atomic E-state index is 10.9. The maximum Gasteiger partial charge on any atom is 0.326 e. The number of halogens is 1. The number of methoxy groups -OCH3 is 1. The number of aromatic nitrogens is 2. The number of anilines is 1. The van der Waals surface area contributed by atoms with Gasteiger partial charge < -0.3 is 10.1 Å². The van der Waals surface area contributed by atoms with Crippen molar-refractivity contribution < 1.29 is 9.66 Å². The van der Waals surface area contributed by atoms with E-state index in [9.17, 15) is 10.1 Å². The SMILES string of the molecule is COc1ccc(CNc2ncnc3sc([N+](=O)[O-])cc23)cc1Cl. The van der Waals surface area contributed by atoms with Crippen LogP contribution in [-0.2, 0) is 6.54 Å². The number of benzene rings is 1. The van der Waals surface area contributed by atoms with Crippen LogP contribution in [0.25, 0.3) is 10.2 Å². The molecule has 0 fully saturated rings. The Balaban J connectivity index is 1.84. The van der Waals surface area contributed by atoms with Crippen LogP contribution in [0, 0.1) is 10.1 Å². The predicted molar refractivity (Wildman–Crippen MR) is 89.4 cm³/mol. The molecule has 2 aromatic heterocycles. The van der Waals surface area contributed by atoms with Crippen LogP contribution in [0.1, 0.15) is 5.56 Å². The third-order valence-corrected chi connectivity index (χ3v) is 4.46. The molecule has 7 nitrogen and oxygen atoms in total. The van der Waals surface area contributed by atoms with Gasteiger partial charge in [0.25, 0.3) is 0 Å². The summed E-state index contributed by atoms with van der Waals surface area (Å²) in [6.07, 6.45) is 1.38. The first-order valence-electron chi connectivity index (χ1n) is 6.53. The highest BCUT2D eigenvalue weighted by molar-refractivity contribution is 7.21. The first kappa shape index (κ1) is 15.4. The summed E-state index contributed by atoms with van der Waals surface area (Å²) in [5, 5.41) is 15.2. The minimum Gasteiger partial charge on any atom is -0.495 e. The molecule has 9 heteroatoms. The number of hydrogen-bond donors (Lipinski definition) is 1. The van der Waals surface area contributed by atoms with Gasteiger partial charge >= 0.3 is 5.00 Å². The molecule has 23 heavy (non-hydrogen) atoms. The van der Waals surface area contributed by atoms with Crippen LogP contribution in [0.3, 0.4) is 0 Å². The van der Waals surface area contributed by atoms with Crippen molar-refractivity contribution in [1.82, 2.24) is 9.97 Å². The number of nitrogens with zero attached hydrogens (tertiary/aromatic N) is 3. The molecule has 3 rings (SSSR count). The Hall–Kier alpha value is -2.45. The third kappa shape index (κ3) is 3.17. The molecule has 0 aliphatic carbocycles. The third-order valence-electron chi connectivity index (χ3n) is 3.17. The molecule has 3 aromatic rings. The summed E-state index contributed by atoms with van der Waals surface area (Å²) >= 11 is 7.11. The van der Waals surface area contributed by atoms with E-state index in [1.807, 2.05) is 6.07 Å². The molecule has 0 spiro atoms. The standard InChI is InChI=1S/C14H11ClN4O3S/c1-22-11-3-2-8(4-10(11)15)6-16-13-9-5-12(19(20)21)23-14(9)18-7-17-13/h2-5,7H,6H2,1H3,(H,16,17,18). The van der Waals surface area contributed by atoms with Crippen molar-refractivity contribution in [3.05, 3.63) is 51.3 Å². The zero-order valence-corrected chi connectivity index (χ0v) is 13.5. The van der Waals surface area contributed by atoms with E-state index in [-0.39, 0.29) is 5.00 Å². The summed E-state index contributed by atoms with van der Waals surface area (Å²) in [6.45, 7) is 0.472. The molecule has 0 unspecified atom stereocenters. The Bertz CT molecular complexity index is 884. The van der Waals surface area contributed by atoms with E-state index < -0.39 is 4.92 Å². The van der Waals surface area contributed by atoms with Gasteiger partial charge in [-0.15, -0.1) is 0 Å². The van der Waals surface area contributed by atoms with Gasteiger partial charge in [-0.2, -0.15) is 0 Å². The van der Waals surface area contributed by atoms with E-state index in [0.29, 0.717) is 33.4 Å². The van der Waals surface area contributed by atoms with Gasteiger partial charge in [0.1, 0.15) is 22.7 Å². The number of hydrogen-bond acceptors (Lipinski definition) is 7. The Morgan fingerprint density at radius 1 is 1.39 bits per heavy atom. The molecule has 1 aromatic carbocycles. The maximum atomic E-state index is 10.9. The van der Waals surface area contributed by atoms with Crippen molar-refractivity contribution in [3.63, 3.8) is 0 Å². The smallest absolute Gasteiger partial charge is 0.326 e. The molecule has 0 atom stereocenters. The van der Waals surface area contributed by atoms with Gasteiger partial charge in [0.15, 0.2) is 0 Å². The fourth-order valence-corrected chi connectivity index (χ4v) is 3.17. The Morgan fingerprint density at radius 3 is 2.91 bits per heavy atom. The lowest BCUT2D eigenvalue weighted by Gasteiger charge is -2.08. The van der Waals surface area contributed by atoms with Crippen LogP contribution >= 0.6 is 22.9 Å². The van der Waals surface area contributed by atoms with Crippen LogP contribution in [0.15, 0.2) is 30.6 Å². The Morgan fingerprint density at radius 2 is 2.22 bits per heavy atom. The van der Waals surface area contributed by atoms with Gasteiger partial charge in [-0.25, -0.2) is 9.97 Å². The van der Waals surface area contributed by atoms with E-state index in [4.69, 9.17) is 16.3 Å². The molecule has 118 valence electrons. The van der Waals surface area contributed by atoms with Crippen molar-refractivity contribution in [2.75, 3.05) is 12.4 Å². The quantitative estimate of drug-likeness (QED) is 0.554. The first-order chi connectivity index (χ1) is 11.1. The summed E-state index contributed by atoms with van der Waals surface area (Å²) < 4.78 is 5.11. The second-order valence-corrected chi connectivity index (χ2v) is 6.02. The van der Waals surface area contributed by atoms with Crippen LogP contribution in [-0.4, -0.2) is 22.0 Å². The molecule has 0 saturated carbocycles. The molecule has 0 amide bonds. The van der Waals surface area contributed by atoms with Crippen LogP contribution in [0.4, 0.5) is 10.8 Å². The van der Waals surface area contributed by atoms with Gasteiger partial charge in [0.05, 0.1) is 22.4 Å². The monoisotopic (exact) mass is 350 g/mol. The molecule has 0 radical (unpaired) electrons. The molecular formula is C14H11ClN4O3S. The van der Waals surface area contributed by atoms with Gasteiger partial charge in [0, 0.05) is 12.6 Å². The summed E-state index contributed by atoms with van der Waals surface area (Å²) in [5.74, 6) is 1.15. The van der Waals surface area contributed by atoms with E-state index in [0.717, 1.165) is 16.9 Å². The van der Waals surface area contributed by atoms with E-state index in [1.54, 1.807) is 19.2 Å². The lowest BCUT2D eigenvalue weighted by atomic mass is 10.2. The van der Waals surface area contributed by atoms with E-state index >= 15 is 0 Å². The van der Waals surface area contributed by atoms with Crippen LogP contribution < -0.4 is 10.1 Å². The zero-order valence-electron chi connectivity index (χ0n) is 11.9. The molecule has 1 N–H and O–H groups in total. The Kier molecular flexibility index (Phi) is 4.26. The highest BCUT2D eigenvalue weighted by Gasteiger charge is 2.15. The highest BCUT2D eigenvalue weighted by Crippen LogP contribution is 2.33. The lowest BCUT2D eigenvalue weighted by Crippen LogP contribution is -2.02. The fraction of sp³-hybridized carbons (Fsp3) is 0.143. The highest BCUT2D eigenvalue weighted by atomic mass is 35.5. The predicted octanol–water partition coefficient (Wildman–Crippen LogP) is 3.87. The largest absolute Gasteiger partial charge is 0.495 e. The second kappa shape index (κ2) is 6.35. The number of nitrogens with one attached hydrogen (secondary N) is 1. The van der Waals surface area contributed by atoms with Crippen LogP contribution in [0.5, 0.6) is 5.75 Å². The summed E-state index contributed by atoms with van der Waals surface area (Å²) in [7, 11) is 1.56. The molecule has 0 saturated heterocycles. The van der Waals surface area contributed by atoms with E-state index in [2.05, 4.69) is 15.3 Å². The van der Waals surface area contributed by atoms with Crippen molar-refractivity contribution in [2.24, 2.45) is 0 Å².